The maximum Gasteiger partial charge on any atom is 0.137 e. The molecule has 1 aromatic rings. The Balaban J connectivity index is 2.17. The van der Waals surface area contributed by atoms with Crippen LogP contribution in [0.25, 0.3) is 0 Å². The number of nitrogen functional groups attached to an aromatic ring is 1. The Morgan fingerprint density at radius 2 is 1.95 bits per heavy atom. The lowest BCUT2D eigenvalue weighted by molar-refractivity contribution is 0.139. The molecule has 0 unspecified atom stereocenters. The van der Waals surface area contributed by atoms with E-state index in [0.29, 0.717) is 17.7 Å². The number of piperidine rings is 1. The second kappa shape index (κ2) is 6.39. The van der Waals surface area contributed by atoms with Crippen LogP contribution in [-0.2, 0) is 4.74 Å². The van der Waals surface area contributed by atoms with Gasteiger partial charge in [-0.25, -0.2) is 9.97 Å². The molecule has 0 aromatic carbocycles. The van der Waals surface area contributed by atoms with Crippen molar-refractivity contribution in [3.63, 3.8) is 0 Å². The SMILES string of the molecule is COCC1CCN(c2nc(C(C)C)nc(N)c2C)CC1. The van der Waals surface area contributed by atoms with Gasteiger partial charge in [-0.2, -0.15) is 0 Å². The predicted octanol–water partition coefficient (Wildman–Crippen LogP) is 2.35. The number of hydrogen-bond donors (Lipinski definition) is 1. The van der Waals surface area contributed by atoms with Crippen LogP contribution >= 0.6 is 0 Å². The van der Waals surface area contributed by atoms with Gasteiger partial charge in [-0.15, -0.1) is 0 Å². The molecule has 20 heavy (non-hydrogen) atoms. The molecule has 2 heterocycles. The molecule has 1 aliphatic rings. The van der Waals surface area contributed by atoms with Crippen LogP contribution in [0.15, 0.2) is 0 Å². The van der Waals surface area contributed by atoms with Gasteiger partial charge in [0.1, 0.15) is 17.5 Å². The number of nitrogens with zero attached hydrogens (tertiary/aromatic N) is 3. The zero-order valence-corrected chi connectivity index (χ0v) is 13.0. The maximum atomic E-state index is 6.04. The van der Waals surface area contributed by atoms with Crippen molar-refractivity contribution in [1.29, 1.82) is 0 Å². The Hall–Kier alpha value is -1.36. The molecule has 2 N–H and O–H groups in total. The van der Waals surface area contributed by atoms with Gasteiger partial charge < -0.3 is 15.4 Å². The van der Waals surface area contributed by atoms with Gasteiger partial charge in [0, 0.05) is 38.3 Å². The molecule has 0 bridgehead atoms. The maximum absolute atomic E-state index is 6.04. The van der Waals surface area contributed by atoms with Crippen LogP contribution in [0.4, 0.5) is 11.6 Å². The van der Waals surface area contributed by atoms with Crippen molar-refractivity contribution < 1.29 is 4.74 Å². The number of aromatic nitrogens is 2. The molecule has 1 aromatic heterocycles. The highest BCUT2D eigenvalue weighted by Crippen LogP contribution is 2.28. The third-order valence-corrected chi connectivity index (χ3v) is 4.01. The third-order valence-electron chi connectivity index (χ3n) is 4.01. The van der Waals surface area contributed by atoms with Gasteiger partial charge in [-0.05, 0) is 25.7 Å². The minimum Gasteiger partial charge on any atom is -0.384 e. The second-order valence-corrected chi connectivity index (χ2v) is 5.96. The van der Waals surface area contributed by atoms with Crippen LogP contribution < -0.4 is 10.6 Å². The van der Waals surface area contributed by atoms with E-state index in [4.69, 9.17) is 15.5 Å². The molecule has 5 nitrogen and oxygen atoms in total. The Kier molecular flexibility index (Phi) is 4.81. The zero-order chi connectivity index (χ0) is 14.7. The molecule has 1 fully saturated rings. The summed E-state index contributed by atoms with van der Waals surface area (Å²) in [5, 5.41) is 0. The van der Waals surface area contributed by atoms with Crippen molar-refractivity contribution in [1.82, 2.24) is 9.97 Å². The molecule has 0 aliphatic carbocycles. The van der Waals surface area contributed by atoms with Crippen LogP contribution in [0, 0.1) is 12.8 Å². The number of methoxy groups -OCH3 is 1. The molecule has 0 saturated carbocycles. The lowest BCUT2D eigenvalue weighted by atomic mass is 9.97. The summed E-state index contributed by atoms with van der Waals surface area (Å²) in [5.41, 5.74) is 7.04. The van der Waals surface area contributed by atoms with Crippen LogP contribution in [0.5, 0.6) is 0 Å². The summed E-state index contributed by atoms with van der Waals surface area (Å²) in [4.78, 5) is 11.5. The first-order chi connectivity index (χ1) is 9.52. The van der Waals surface area contributed by atoms with Gasteiger partial charge in [-0.3, -0.25) is 0 Å². The average Bonchev–Trinajstić information content (AvgIpc) is 2.43. The van der Waals surface area contributed by atoms with E-state index in [1.54, 1.807) is 7.11 Å². The number of hydrogen-bond acceptors (Lipinski definition) is 5. The molecule has 0 amide bonds. The first-order valence-corrected chi connectivity index (χ1v) is 7.40. The zero-order valence-electron chi connectivity index (χ0n) is 13.0. The van der Waals surface area contributed by atoms with Gasteiger partial charge in [0.05, 0.1) is 0 Å². The monoisotopic (exact) mass is 278 g/mol. The van der Waals surface area contributed by atoms with Crippen molar-refractivity contribution in [2.75, 3.05) is 37.4 Å². The summed E-state index contributed by atoms with van der Waals surface area (Å²) in [5.74, 6) is 3.42. The number of ether oxygens (including phenoxy) is 1. The fraction of sp³-hybridized carbons (Fsp3) is 0.733. The van der Waals surface area contributed by atoms with Gasteiger partial charge in [0.15, 0.2) is 0 Å². The van der Waals surface area contributed by atoms with Crippen molar-refractivity contribution in [2.24, 2.45) is 5.92 Å². The van der Waals surface area contributed by atoms with E-state index >= 15 is 0 Å². The summed E-state index contributed by atoms with van der Waals surface area (Å²) in [6.45, 7) is 9.09. The van der Waals surface area contributed by atoms with Gasteiger partial charge in [0.25, 0.3) is 0 Å². The first kappa shape index (κ1) is 15.0. The van der Waals surface area contributed by atoms with Crippen LogP contribution in [0.2, 0.25) is 0 Å². The van der Waals surface area contributed by atoms with E-state index < -0.39 is 0 Å². The largest absolute Gasteiger partial charge is 0.384 e. The molecule has 5 heteroatoms. The smallest absolute Gasteiger partial charge is 0.137 e. The highest BCUT2D eigenvalue weighted by Gasteiger charge is 2.23. The summed E-state index contributed by atoms with van der Waals surface area (Å²) in [6.07, 6.45) is 2.29. The van der Waals surface area contributed by atoms with Crippen LogP contribution in [-0.4, -0.2) is 36.8 Å². The molecule has 112 valence electrons. The summed E-state index contributed by atoms with van der Waals surface area (Å²) >= 11 is 0. The quantitative estimate of drug-likeness (QED) is 0.916. The molecular formula is C15H26N4O. The normalized spacial score (nSPS) is 16.9. The number of rotatable bonds is 4. The number of anilines is 2. The minimum absolute atomic E-state index is 0.294. The first-order valence-electron chi connectivity index (χ1n) is 7.40. The van der Waals surface area contributed by atoms with Crippen LogP contribution in [0.1, 0.15) is 44.0 Å². The highest BCUT2D eigenvalue weighted by molar-refractivity contribution is 5.56. The topological polar surface area (TPSA) is 64.3 Å². The molecule has 1 aliphatic heterocycles. The molecule has 0 atom stereocenters. The molecular weight excluding hydrogens is 252 g/mol. The van der Waals surface area contributed by atoms with E-state index in [9.17, 15) is 0 Å². The van der Waals surface area contributed by atoms with Crippen molar-refractivity contribution in [3.8, 4) is 0 Å². The summed E-state index contributed by atoms with van der Waals surface area (Å²) in [6, 6.07) is 0. The van der Waals surface area contributed by atoms with E-state index in [1.807, 2.05) is 6.92 Å². The second-order valence-electron chi connectivity index (χ2n) is 5.96. The average molecular weight is 278 g/mol. The minimum atomic E-state index is 0.294. The molecule has 0 spiro atoms. The van der Waals surface area contributed by atoms with E-state index in [2.05, 4.69) is 23.7 Å². The standard InChI is InChI=1S/C15H26N4O/c1-10(2)14-17-13(16)11(3)15(18-14)19-7-5-12(6-8-19)9-20-4/h10,12H,5-9H2,1-4H3,(H2,16,17,18). The summed E-state index contributed by atoms with van der Waals surface area (Å²) < 4.78 is 5.25. The van der Waals surface area contributed by atoms with Gasteiger partial charge in [-0.1, -0.05) is 13.8 Å². The molecule has 1 saturated heterocycles. The van der Waals surface area contributed by atoms with E-state index in [-0.39, 0.29) is 0 Å². The predicted molar refractivity (Wildman–Crippen MR) is 82.1 cm³/mol. The summed E-state index contributed by atoms with van der Waals surface area (Å²) in [7, 11) is 1.77. The Bertz CT molecular complexity index is 453. The van der Waals surface area contributed by atoms with Gasteiger partial charge in [0.2, 0.25) is 0 Å². The van der Waals surface area contributed by atoms with Crippen molar-refractivity contribution in [2.45, 2.75) is 39.5 Å². The Labute approximate surface area is 121 Å². The fourth-order valence-electron chi connectivity index (χ4n) is 2.65. The molecule has 2 rings (SSSR count). The third kappa shape index (κ3) is 3.20. The fourth-order valence-corrected chi connectivity index (χ4v) is 2.65. The number of nitrogens with two attached hydrogens (primary N) is 1. The van der Waals surface area contributed by atoms with E-state index in [0.717, 1.165) is 49.7 Å². The van der Waals surface area contributed by atoms with Gasteiger partial charge >= 0.3 is 0 Å². The highest BCUT2D eigenvalue weighted by atomic mass is 16.5. The lowest BCUT2D eigenvalue weighted by Gasteiger charge is -2.33. The molecule has 0 radical (unpaired) electrons. The Morgan fingerprint density at radius 1 is 1.30 bits per heavy atom. The Morgan fingerprint density at radius 3 is 2.50 bits per heavy atom. The lowest BCUT2D eigenvalue weighted by Crippen LogP contribution is -2.36. The van der Waals surface area contributed by atoms with Crippen molar-refractivity contribution in [3.05, 3.63) is 11.4 Å². The van der Waals surface area contributed by atoms with Crippen LogP contribution in [0.3, 0.4) is 0 Å². The van der Waals surface area contributed by atoms with E-state index in [1.165, 1.54) is 0 Å². The van der Waals surface area contributed by atoms with Crippen molar-refractivity contribution >= 4 is 11.6 Å².